The molecule has 0 unspecified atom stereocenters. The smallest absolute Gasteiger partial charge is 0.128 e. The Bertz CT molecular complexity index is 6730. The lowest BCUT2D eigenvalue weighted by Gasteiger charge is -2.18. The zero-order valence-corrected chi connectivity index (χ0v) is 94.7. The molecule has 24 heteroatoms. The Morgan fingerprint density at radius 3 is 0.617 bits per heavy atom. The van der Waals surface area contributed by atoms with E-state index in [4.69, 9.17) is 46.4 Å². The van der Waals surface area contributed by atoms with Crippen LogP contribution in [0, 0.1) is 39.3 Å². The van der Waals surface area contributed by atoms with E-state index in [9.17, 15) is 8.78 Å². The molecule has 0 atom stereocenters. The van der Waals surface area contributed by atoms with Gasteiger partial charge in [-0.25, -0.2) is 53.6 Å². The van der Waals surface area contributed by atoms with Gasteiger partial charge in [0.2, 0.25) is 0 Å². The van der Waals surface area contributed by atoms with Crippen LogP contribution in [0.4, 0.5) is 8.78 Å². The third-order valence-corrected chi connectivity index (χ3v) is 25.4. The molecular weight excluding hydrogens is 1840 g/mol. The second-order valence-corrected chi connectivity index (χ2v) is 51.3. The van der Waals surface area contributed by atoms with Crippen molar-refractivity contribution >= 4 is 146 Å². The van der Waals surface area contributed by atoms with Crippen LogP contribution in [0.15, 0.2) is 133 Å². The number of aromatic nitrogens is 18. The molecule has 0 aliphatic carbocycles. The number of hydrogen-bond acceptors (Lipinski definition) is 9. The van der Waals surface area contributed by atoms with Crippen LogP contribution in [0.3, 0.4) is 0 Å². The average molecular weight is 1990 g/mol. The van der Waals surface area contributed by atoms with E-state index >= 15 is 0 Å². The normalized spacial score (nSPS) is 12.6. The molecule has 0 amide bonds. The van der Waals surface area contributed by atoms with Gasteiger partial charge in [-0.1, -0.05) is 327 Å². The van der Waals surface area contributed by atoms with Crippen molar-refractivity contribution in [3.05, 3.63) is 262 Å². The standard InChI is InChI=1S/2C15H22N2.2C14H19FN2.2C12H15ClN2.2C12H16N2.C11H12Cl2N2/c2*1-14(2,3)10-7-8-11-12(9-10)17-13(16-11)15(4,5)6;2*1-8(2)9-6-11-12(7-10(9)15)17-13(16-11)14(3,4)5;2*1-7-5-9-10(6-8(7)13)15-11(14-9)12(2,3)4;2*1-8-5-6-9-10(7-8)14-11(13-9)12(2,3)4;1-11(2,3)10-14-8-4-6(12)7(13)5-9(8)15-10/h2*7-9H,1-6H3,(H,16,17);2*6-8H,1-5H3,(H,16,17);2*5-6H,1-4H3,(H,14,15);2*5-7H,1-4H3,(H,13,14);4-5H,1-3H3,(H,14,15). The molecule has 0 fully saturated rings. The van der Waals surface area contributed by atoms with Crippen LogP contribution in [0.25, 0.3) is 99.3 Å². The Hall–Kier alpha value is -10.8. The summed E-state index contributed by atoms with van der Waals surface area (Å²) in [4.78, 5) is 71.0. The molecule has 0 aliphatic heterocycles. The Morgan fingerprint density at radius 2 is 0.390 bits per heavy atom. The number of nitrogens with one attached hydrogen (secondary N) is 9. The van der Waals surface area contributed by atoms with Gasteiger partial charge in [-0.15, -0.1) is 0 Å². The number of aromatic amines is 9. The summed E-state index contributed by atoms with van der Waals surface area (Å²) in [6, 6.07) is 43.9. The van der Waals surface area contributed by atoms with Crippen LogP contribution in [0.2, 0.25) is 20.1 Å². The van der Waals surface area contributed by atoms with Gasteiger partial charge in [0.05, 0.1) is 109 Å². The minimum absolute atomic E-state index is 0.00201. The molecule has 0 saturated heterocycles. The molecule has 141 heavy (non-hydrogen) atoms. The highest BCUT2D eigenvalue weighted by molar-refractivity contribution is 6.42. The van der Waals surface area contributed by atoms with Crippen molar-refractivity contribution in [3.8, 4) is 0 Å². The van der Waals surface area contributed by atoms with E-state index < -0.39 is 0 Å². The summed E-state index contributed by atoms with van der Waals surface area (Å²) >= 11 is 24.0. The van der Waals surface area contributed by atoms with Crippen molar-refractivity contribution < 1.29 is 8.78 Å². The summed E-state index contributed by atoms with van der Waals surface area (Å²) in [5.41, 5.74) is 27.3. The molecule has 9 heterocycles. The molecule has 18 aromatic rings. The largest absolute Gasteiger partial charge is 0.342 e. The number of hydrogen-bond donors (Lipinski definition) is 9. The van der Waals surface area contributed by atoms with Gasteiger partial charge in [0, 0.05) is 70.9 Å². The van der Waals surface area contributed by atoms with E-state index in [1.807, 2.05) is 84.0 Å². The fourth-order valence-corrected chi connectivity index (χ4v) is 15.3. The van der Waals surface area contributed by atoms with Crippen molar-refractivity contribution in [2.75, 3.05) is 0 Å². The minimum atomic E-state index is -0.167. The van der Waals surface area contributed by atoms with Crippen molar-refractivity contribution in [1.29, 1.82) is 0 Å². The second kappa shape index (κ2) is 42.3. The van der Waals surface area contributed by atoms with Gasteiger partial charge in [-0.2, -0.15) is 0 Å². The fourth-order valence-electron chi connectivity index (χ4n) is 14.7. The number of H-pyrrole nitrogens is 9. The number of aryl methyl sites for hydroxylation is 4. The lowest BCUT2D eigenvalue weighted by Crippen LogP contribution is -2.13. The van der Waals surface area contributed by atoms with Gasteiger partial charge in [-0.05, 0) is 192 Å². The van der Waals surface area contributed by atoms with Gasteiger partial charge in [0.15, 0.2) is 0 Å². The third-order valence-electron chi connectivity index (χ3n) is 23.9. The molecule has 0 spiro atoms. The lowest BCUT2D eigenvalue weighted by molar-refractivity contribution is 0.554. The first kappa shape index (κ1) is 112. The van der Waals surface area contributed by atoms with Crippen LogP contribution < -0.4 is 0 Å². The van der Waals surface area contributed by atoms with Crippen molar-refractivity contribution in [2.45, 2.75) is 355 Å². The van der Waals surface area contributed by atoms with Crippen LogP contribution in [-0.4, -0.2) is 89.7 Å². The van der Waals surface area contributed by atoms with Gasteiger partial charge in [0.25, 0.3) is 0 Å². The summed E-state index contributed by atoms with van der Waals surface area (Å²) in [6.07, 6.45) is 0. The highest BCUT2D eigenvalue weighted by atomic mass is 35.5. The fraction of sp³-hybridized carbons (Fsp3) is 0.462. The molecule has 0 radical (unpaired) electrons. The first-order chi connectivity index (χ1) is 64.5. The molecule has 0 saturated carbocycles. The Morgan fingerprint density at radius 1 is 0.206 bits per heavy atom. The quantitative estimate of drug-likeness (QED) is 0.0796. The summed E-state index contributed by atoms with van der Waals surface area (Å²) in [5.74, 6) is 8.98. The monoisotopic (exact) mass is 1990 g/mol. The van der Waals surface area contributed by atoms with Crippen LogP contribution in [0.1, 0.15) is 365 Å². The van der Waals surface area contributed by atoms with Crippen LogP contribution in [0.5, 0.6) is 0 Å². The molecular formula is C117H156Cl4F2N18. The number of imidazole rings is 9. The highest BCUT2D eigenvalue weighted by Crippen LogP contribution is 2.38. The molecule has 9 aromatic carbocycles. The van der Waals surface area contributed by atoms with Crippen molar-refractivity contribution in [3.63, 3.8) is 0 Å². The highest BCUT2D eigenvalue weighted by Gasteiger charge is 2.29. The van der Waals surface area contributed by atoms with Crippen molar-refractivity contribution in [2.24, 2.45) is 0 Å². The average Bonchev–Trinajstić information content (AvgIpc) is 1.67. The summed E-state index contributed by atoms with van der Waals surface area (Å²) in [5, 5.41) is 2.63. The van der Waals surface area contributed by atoms with Crippen molar-refractivity contribution in [1.82, 2.24) is 89.7 Å². The first-order valence-electron chi connectivity index (χ1n) is 49.0. The number of benzene rings is 9. The number of rotatable bonds is 2. The van der Waals surface area contributed by atoms with Crippen LogP contribution >= 0.6 is 46.4 Å². The van der Waals surface area contributed by atoms with E-state index in [1.54, 1.807) is 6.07 Å². The van der Waals surface area contributed by atoms with Gasteiger partial charge in [0.1, 0.15) is 64.1 Å². The maximum Gasteiger partial charge on any atom is 0.128 e. The number of nitrogens with zero attached hydrogens (tertiary/aromatic N) is 9. The molecule has 9 aromatic heterocycles. The zero-order valence-electron chi connectivity index (χ0n) is 91.6. The Labute approximate surface area is 855 Å². The number of fused-ring (bicyclic) bond motifs is 9. The first-order valence-corrected chi connectivity index (χ1v) is 50.5. The molecule has 0 aliphatic rings. The summed E-state index contributed by atoms with van der Waals surface area (Å²) in [6.45, 7) is 87.3. The number of halogens is 6. The van der Waals surface area contributed by atoms with Crippen LogP contribution in [-0.2, 0) is 59.6 Å². The topological polar surface area (TPSA) is 258 Å². The van der Waals surface area contributed by atoms with E-state index in [0.717, 1.165) is 173 Å². The summed E-state index contributed by atoms with van der Waals surface area (Å²) in [7, 11) is 0. The zero-order chi connectivity index (χ0) is 106. The summed E-state index contributed by atoms with van der Waals surface area (Å²) < 4.78 is 27.6. The van der Waals surface area contributed by atoms with E-state index in [1.165, 1.54) is 34.4 Å². The second-order valence-electron chi connectivity index (χ2n) is 49.6. The van der Waals surface area contributed by atoms with E-state index in [-0.39, 0.29) is 83.0 Å². The predicted molar refractivity (Wildman–Crippen MR) is 598 cm³/mol. The predicted octanol–water partition coefficient (Wildman–Crippen LogP) is 34.7. The maximum atomic E-state index is 13.8. The molecule has 756 valence electrons. The van der Waals surface area contributed by atoms with Gasteiger partial charge < -0.3 is 44.9 Å². The maximum absolute atomic E-state index is 13.8. The minimum Gasteiger partial charge on any atom is -0.342 e. The third kappa shape index (κ3) is 29.3. The lowest BCUT2D eigenvalue weighted by atomic mass is 9.87. The van der Waals surface area contributed by atoms with Gasteiger partial charge in [-0.3, -0.25) is 0 Å². The molecule has 18 rings (SSSR count). The SMILES string of the molecule is CC(C)(C)c1ccc2nc(C(C)(C)C)[nH]c2c1.CC(C)(C)c1ccc2nc(C(C)(C)C)[nH]c2c1.CC(C)(C)c1nc2cc(Cl)c(Cl)cc2[nH]1.CC(C)c1cc2[nH]c(C(C)(C)C)nc2cc1F.CC(C)c1cc2[nH]c(C(C)(C)C)nc2cc1F.Cc1cc2[nH]c(C(C)(C)C)nc2cc1Cl.Cc1cc2[nH]c(C(C)(C)C)nc2cc1Cl.Cc1ccc2nc(C(C)(C)C)[nH]c2c1.Cc1ccc2nc(C(C)(C)C)[nH]c2c1. The molecule has 9 N–H and O–H groups in total. The Balaban J connectivity index is 0.000000163. The van der Waals surface area contributed by atoms with Gasteiger partial charge >= 0.3 is 0 Å². The Kier molecular flexibility index (Phi) is 33.6. The van der Waals surface area contributed by atoms with E-state index in [2.05, 4.69) is 405 Å². The molecule has 0 bridgehead atoms. The van der Waals surface area contributed by atoms with E-state index in [0.29, 0.717) is 21.1 Å². The molecule has 18 nitrogen and oxygen atoms in total.